The maximum Gasteiger partial charge on any atom is 0.294 e. The fourth-order valence-electron chi connectivity index (χ4n) is 4.22. The number of aromatic nitrogens is 2. The van der Waals surface area contributed by atoms with Gasteiger partial charge in [0.05, 0.1) is 23.5 Å². The van der Waals surface area contributed by atoms with Crippen molar-refractivity contribution in [2.75, 3.05) is 24.5 Å². The van der Waals surface area contributed by atoms with Gasteiger partial charge >= 0.3 is 0 Å². The minimum Gasteiger partial charge on any atom is -0.356 e. The van der Waals surface area contributed by atoms with Crippen LogP contribution in [-0.2, 0) is 11.3 Å². The van der Waals surface area contributed by atoms with E-state index in [0.29, 0.717) is 25.5 Å². The van der Waals surface area contributed by atoms with Gasteiger partial charge in [0.2, 0.25) is 5.91 Å². The molecule has 4 rings (SSSR count). The monoisotopic (exact) mass is 418 g/mol. The highest BCUT2D eigenvalue weighted by Gasteiger charge is 2.28. The molecule has 2 heterocycles. The molecule has 0 radical (unpaired) electrons. The molecule has 3 aromatic rings. The number of anilines is 1. The SMILES string of the molecule is CCCCNC(=O)[C@@H]1CCCN(c2nc3ccccc3n(Cc3ccccc3)c2=O)C1. The van der Waals surface area contributed by atoms with Crippen LogP contribution >= 0.6 is 0 Å². The van der Waals surface area contributed by atoms with Crippen molar-refractivity contribution in [3.05, 3.63) is 70.5 Å². The van der Waals surface area contributed by atoms with Crippen LogP contribution in [0.4, 0.5) is 5.82 Å². The van der Waals surface area contributed by atoms with Crippen LogP contribution in [-0.4, -0.2) is 35.1 Å². The Hall–Kier alpha value is -3.15. The summed E-state index contributed by atoms with van der Waals surface area (Å²) in [5.41, 5.74) is 2.59. The van der Waals surface area contributed by atoms with Gasteiger partial charge in [-0.15, -0.1) is 0 Å². The van der Waals surface area contributed by atoms with Crippen LogP contribution in [0.25, 0.3) is 11.0 Å². The summed E-state index contributed by atoms with van der Waals surface area (Å²) in [6.45, 7) is 4.59. The van der Waals surface area contributed by atoms with Crippen LogP contribution in [0.1, 0.15) is 38.2 Å². The number of para-hydroxylation sites is 2. The van der Waals surface area contributed by atoms with E-state index in [2.05, 4.69) is 12.2 Å². The van der Waals surface area contributed by atoms with Crippen molar-refractivity contribution in [3.63, 3.8) is 0 Å². The van der Waals surface area contributed by atoms with Gasteiger partial charge in [0.15, 0.2) is 5.82 Å². The lowest BCUT2D eigenvalue weighted by Crippen LogP contribution is -2.45. The Kier molecular flexibility index (Phi) is 6.65. The zero-order valence-electron chi connectivity index (χ0n) is 18.1. The molecule has 1 aromatic heterocycles. The zero-order chi connectivity index (χ0) is 21.6. The molecule has 1 atom stereocenters. The highest BCUT2D eigenvalue weighted by molar-refractivity contribution is 5.80. The number of amides is 1. The molecule has 0 aliphatic carbocycles. The maximum absolute atomic E-state index is 13.5. The van der Waals surface area contributed by atoms with Gasteiger partial charge in [-0.25, -0.2) is 4.98 Å². The number of nitrogens with zero attached hydrogens (tertiary/aromatic N) is 3. The number of hydrogen-bond acceptors (Lipinski definition) is 4. The summed E-state index contributed by atoms with van der Waals surface area (Å²) in [5, 5.41) is 3.04. The van der Waals surface area contributed by atoms with E-state index in [1.54, 1.807) is 4.57 Å². The molecule has 1 N–H and O–H groups in total. The summed E-state index contributed by atoms with van der Waals surface area (Å²) < 4.78 is 1.80. The number of hydrogen-bond donors (Lipinski definition) is 1. The topological polar surface area (TPSA) is 67.2 Å². The van der Waals surface area contributed by atoms with Crippen LogP contribution in [0.15, 0.2) is 59.4 Å². The first-order valence-corrected chi connectivity index (χ1v) is 11.2. The molecule has 0 spiro atoms. The second-order valence-corrected chi connectivity index (χ2v) is 8.23. The predicted octanol–water partition coefficient (Wildman–Crippen LogP) is 3.58. The third kappa shape index (κ3) is 4.79. The number of unbranched alkanes of at least 4 members (excludes halogenated alkanes) is 1. The molecule has 1 amide bonds. The van der Waals surface area contributed by atoms with E-state index in [-0.39, 0.29) is 17.4 Å². The Morgan fingerprint density at radius 1 is 1.13 bits per heavy atom. The first-order valence-electron chi connectivity index (χ1n) is 11.2. The average Bonchev–Trinajstić information content (AvgIpc) is 2.81. The number of carbonyl (C=O) groups is 1. The van der Waals surface area contributed by atoms with Gasteiger partial charge in [0.25, 0.3) is 5.56 Å². The smallest absolute Gasteiger partial charge is 0.294 e. The molecule has 2 aromatic carbocycles. The molecule has 6 nitrogen and oxygen atoms in total. The quantitative estimate of drug-likeness (QED) is 0.596. The Bertz CT molecular complexity index is 1090. The summed E-state index contributed by atoms with van der Waals surface area (Å²) in [4.78, 5) is 32.9. The zero-order valence-corrected chi connectivity index (χ0v) is 18.1. The number of fused-ring (bicyclic) bond motifs is 1. The molecule has 162 valence electrons. The average molecular weight is 419 g/mol. The van der Waals surface area contributed by atoms with Crippen molar-refractivity contribution in [1.29, 1.82) is 0 Å². The van der Waals surface area contributed by atoms with Crippen LogP contribution in [0.3, 0.4) is 0 Å². The molecule has 0 saturated carbocycles. The third-order valence-electron chi connectivity index (χ3n) is 5.94. The fraction of sp³-hybridized carbons (Fsp3) is 0.400. The standard InChI is InChI=1S/C25H30N4O2/c1-2-3-15-26-24(30)20-12-9-16-28(18-20)23-25(31)29(17-19-10-5-4-6-11-19)22-14-8-7-13-21(22)27-23/h4-8,10-11,13-14,20H,2-3,9,12,15-18H2,1H3,(H,26,30)/t20-/m1/s1. The molecule has 6 heteroatoms. The van der Waals surface area contributed by atoms with Crippen molar-refractivity contribution in [3.8, 4) is 0 Å². The van der Waals surface area contributed by atoms with Gasteiger partial charge in [-0.2, -0.15) is 0 Å². The molecule has 1 aliphatic rings. The van der Waals surface area contributed by atoms with E-state index < -0.39 is 0 Å². The van der Waals surface area contributed by atoms with E-state index in [4.69, 9.17) is 4.98 Å². The lowest BCUT2D eigenvalue weighted by molar-refractivity contribution is -0.125. The third-order valence-corrected chi connectivity index (χ3v) is 5.94. The summed E-state index contributed by atoms with van der Waals surface area (Å²) in [5.74, 6) is 0.421. The highest BCUT2D eigenvalue weighted by Crippen LogP contribution is 2.22. The van der Waals surface area contributed by atoms with Crippen molar-refractivity contribution in [1.82, 2.24) is 14.9 Å². The summed E-state index contributed by atoms with van der Waals surface area (Å²) in [7, 11) is 0. The number of benzene rings is 2. The van der Waals surface area contributed by atoms with E-state index in [9.17, 15) is 9.59 Å². The number of carbonyl (C=O) groups excluding carboxylic acids is 1. The van der Waals surface area contributed by atoms with Gasteiger partial charge in [0.1, 0.15) is 0 Å². The summed E-state index contributed by atoms with van der Waals surface area (Å²) >= 11 is 0. The minimum absolute atomic E-state index is 0.0866. The van der Waals surface area contributed by atoms with Gasteiger partial charge in [-0.05, 0) is 37.0 Å². The van der Waals surface area contributed by atoms with Crippen LogP contribution in [0, 0.1) is 5.92 Å². The first kappa shape index (κ1) is 21.1. The van der Waals surface area contributed by atoms with Crippen molar-refractivity contribution >= 4 is 22.8 Å². The largest absolute Gasteiger partial charge is 0.356 e. The van der Waals surface area contributed by atoms with Gasteiger partial charge in [0, 0.05) is 19.6 Å². The highest BCUT2D eigenvalue weighted by atomic mass is 16.2. The van der Waals surface area contributed by atoms with Crippen molar-refractivity contribution in [2.45, 2.75) is 39.2 Å². The minimum atomic E-state index is -0.110. The normalized spacial score (nSPS) is 16.4. The van der Waals surface area contributed by atoms with Crippen LogP contribution < -0.4 is 15.8 Å². The molecule has 1 saturated heterocycles. The fourth-order valence-corrected chi connectivity index (χ4v) is 4.22. The van der Waals surface area contributed by atoms with Gasteiger partial charge in [-0.1, -0.05) is 55.8 Å². The number of rotatable bonds is 7. The lowest BCUT2D eigenvalue weighted by Gasteiger charge is -2.32. The molecule has 1 fully saturated rings. The Morgan fingerprint density at radius 3 is 2.71 bits per heavy atom. The summed E-state index contributed by atoms with van der Waals surface area (Å²) in [6, 6.07) is 17.8. The Labute approximate surface area is 182 Å². The Morgan fingerprint density at radius 2 is 1.90 bits per heavy atom. The van der Waals surface area contributed by atoms with E-state index in [0.717, 1.165) is 48.8 Å². The van der Waals surface area contributed by atoms with Gasteiger partial charge in [-0.3, -0.25) is 14.2 Å². The maximum atomic E-state index is 13.5. The molecule has 31 heavy (non-hydrogen) atoms. The lowest BCUT2D eigenvalue weighted by atomic mass is 9.97. The molecular weight excluding hydrogens is 388 g/mol. The van der Waals surface area contributed by atoms with E-state index in [1.807, 2.05) is 59.5 Å². The van der Waals surface area contributed by atoms with Crippen molar-refractivity contribution < 1.29 is 4.79 Å². The van der Waals surface area contributed by atoms with Crippen molar-refractivity contribution in [2.24, 2.45) is 5.92 Å². The molecule has 0 unspecified atom stereocenters. The number of nitrogens with one attached hydrogen (secondary N) is 1. The van der Waals surface area contributed by atoms with E-state index in [1.165, 1.54) is 0 Å². The summed E-state index contributed by atoms with van der Waals surface area (Å²) in [6.07, 6.45) is 3.76. The first-order chi connectivity index (χ1) is 15.2. The predicted molar refractivity (Wildman–Crippen MR) is 124 cm³/mol. The second-order valence-electron chi connectivity index (χ2n) is 8.23. The van der Waals surface area contributed by atoms with Crippen LogP contribution in [0.2, 0.25) is 0 Å². The number of piperidine rings is 1. The van der Waals surface area contributed by atoms with Crippen LogP contribution in [0.5, 0.6) is 0 Å². The second kappa shape index (κ2) is 9.77. The van der Waals surface area contributed by atoms with E-state index >= 15 is 0 Å². The Balaban J connectivity index is 1.65. The van der Waals surface area contributed by atoms with Gasteiger partial charge < -0.3 is 10.2 Å². The molecule has 0 bridgehead atoms. The molecular formula is C25H30N4O2. The molecule has 1 aliphatic heterocycles.